The molecule has 22 heavy (non-hydrogen) atoms. The van der Waals surface area contributed by atoms with Crippen molar-refractivity contribution in [1.29, 1.82) is 0 Å². The maximum Gasteiger partial charge on any atom is 0.338 e. The number of rotatable bonds is 5. The third-order valence-corrected chi connectivity index (χ3v) is 3.34. The van der Waals surface area contributed by atoms with Crippen LogP contribution >= 0.6 is 11.6 Å². The van der Waals surface area contributed by atoms with Gasteiger partial charge in [0.1, 0.15) is 11.8 Å². The molecule has 0 radical (unpaired) electrons. The number of carboxylic acid groups (broad SMARTS) is 1. The minimum Gasteiger partial charge on any atom is -0.495 e. The van der Waals surface area contributed by atoms with Crippen molar-refractivity contribution in [3.8, 4) is 5.75 Å². The fourth-order valence-electron chi connectivity index (χ4n) is 1.77. The highest BCUT2D eigenvalue weighted by atomic mass is 35.5. The number of hydrogen-bond acceptors (Lipinski definition) is 4. The maximum atomic E-state index is 12.2. The lowest BCUT2D eigenvalue weighted by molar-refractivity contribution is -0.119. The number of aromatic nitrogens is 2. The molecule has 116 valence electrons. The van der Waals surface area contributed by atoms with Gasteiger partial charge in [0.05, 0.1) is 23.9 Å². The zero-order valence-electron chi connectivity index (χ0n) is 11.9. The first-order chi connectivity index (χ1) is 10.4. The van der Waals surface area contributed by atoms with Crippen LogP contribution in [0.5, 0.6) is 5.75 Å². The number of carbonyl (C=O) groups is 2. The molecule has 8 heteroatoms. The Balaban J connectivity index is 2.10. The van der Waals surface area contributed by atoms with Gasteiger partial charge in [-0.25, -0.2) is 4.79 Å². The summed E-state index contributed by atoms with van der Waals surface area (Å²) < 4.78 is 6.31. The summed E-state index contributed by atoms with van der Waals surface area (Å²) in [5.41, 5.74) is 0.528. The van der Waals surface area contributed by atoms with Crippen molar-refractivity contribution >= 4 is 29.2 Å². The molecule has 2 aromatic rings. The summed E-state index contributed by atoms with van der Waals surface area (Å²) in [7, 11) is 1.50. The van der Waals surface area contributed by atoms with Gasteiger partial charge in [-0.15, -0.1) is 0 Å². The number of nitrogens with zero attached hydrogens (tertiary/aromatic N) is 2. The third-order valence-electron chi connectivity index (χ3n) is 3.04. The molecule has 0 saturated heterocycles. The van der Waals surface area contributed by atoms with Gasteiger partial charge in [0.15, 0.2) is 0 Å². The number of benzene rings is 1. The summed E-state index contributed by atoms with van der Waals surface area (Å²) in [6.07, 6.45) is 2.49. The molecule has 0 aliphatic heterocycles. The zero-order chi connectivity index (χ0) is 16.3. The van der Waals surface area contributed by atoms with E-state index in [9.17, 15) is 9.59 Å². The highest BCUT2D eigenvalue weighted by Crippen LogP contribution is 2.27. The minimum absolute atomic E-state index is 0.0205. The summed E-state index contributed by atoms with van der Waals surface area (Å²) in [5.74, 6) is -0.937. The predicted octanol–water partition coefficient (Wildman–Crippen LogP) is 2.44. The monoisotopic (exact) mass is 323 g/mol. The Labute approximate surface area is 131 Å². The van der Waals surface area contributed by atoms with Crippen LogP contribution in [0.4, 0.5) is 5.69 Å². The molecular weight excluding hydrogens is 310 g/mol. The second-order valence-electron chi connectivity index (χ2n) is 4.53. The standard InChI is InChI=1S/C14H14ClN3O4/c1-8(18-7-9(6-16-18)14(20)21)13(19)17-10-3-4-12(22-2)11(15)5-10/h3-8H,1-2H3,(H,17,19)(H,20,21). The van der Waals surface area contributed by atoms with E-state index < -0.39 is 12.0 Å². The van der Waals surface area contributed by atoms with Gasteiger partial charge < -0.3 is 15.2 Å². The van der Waals surface area contributed by atoms with Crippen LogP contribution in [0.2, 0.25) is 5.02 Å². The molecular formula is C14H14ClN3O4. The highest BCUT2D eigenvalue weighted by Gasteiger charge is 2.18. The Bertz CT molecular complexity index is 714. The van der Waals surface area contributed by atoms with E-state index in [1.54, 1.807) is 25.1 Å². The summed E-state index contributed by atoms with van der Waals surface area (Å²) in [5, 5.41) is 15.8. The number of carbonyl (C=O) groups excluding carboxylic acids is 1. The van der Waals surface area contributed by atoms with E-state index >= 15 is 0 Å². The summed E-state index contributed by atoms with van der Waals surface area (Å²) in [4.78, 5) is 23.0. The average Bonchev–Trinajstić information content (AvgIpc) is 2.96. The van der Waals surface area contributed by atoms with E-state index in [2.05, 4.69) is 10.4 Å². The van der Waals surface area contributed by atoms with Crippen molar-refractivity contribution in [2.45, 2.75) is 13.0 Å². The van der Waals surface area contributed by atoms with Gasteiger partial charge in [-0.1, -0.05) is 11.6 Å². The number of aromatic carboxylic acids is 1. The Hall–Kier alpha value is -2.54. The quantitative estimate of drug-likeness (QED) is 0.881. The van der Waals surface area contributed by atoms with E-state index in [1.165, 1.54) is 24.2 Å². The largest absolute Gasteiger partial charge is 0.495 e. The lowest BCUT2D eigenvalue weighted by atomic mass is 10.2. The van der Waals surface area contributed by atoms with Crippen molar-refractivity contribution in [2.75, 3.05) is 12.4 Å². The molecule has 0 spiro atoms. The number of nitrogens with one attached hydrogen (secondary N) is 1. The van der Waals surface area contributed by atoms with Gasteiger partial charge in [-0.3, -0.25) is 9.48 Å². The summed E-state index contributed by atoms with van der Waals surface area (Å²) >= 11 is 5.99. The predicted molar refractivity (Wildman–Crippen MR) is 80.5 cm³/mol. The fraction of sp³-hybridized carbons (Fsp3) is 0.214. The third kappa shape index (κ3) is 3.37. The molecule has 2 rings (SSSR count). The van der Waals surface area contributed by atoms with Crippen molar-refractivity contribution in [3.05, 3.63) is 41.2 Å². The second-order valence-corrected chi connectivity index (χ2v) is 4.94. The molecule has 0 fully saturated rings. The molecule has 1 aromatic carbocycles. The zero-order valence-corrected chi connectivity index (χ0v) is 12.7. The molecule has 0 saturated carbocycles. The molecule has 0 bridgehead atoms. The molecule has 2 N–H and O–H groups in total. The Kier molecular flexibility index (Phi) is 4.67. The first kappa shape index (κ1) is 15.8. The van der Waals surface area contributed by atoms with Crippen LogP contribution < -0.4 is 10.1 Å². The van der Waals surface area contributed by atoms with E-state index in [0.29, 0.717) is 16.5 Å². The number of amides is 1. The van der Waals surface area contributed by atoms with E-state index in [0.717, 1.165) is 0 Å². The van der Waals surface area contributed by atoms with Gasteiger partial charge in [0.25, 0.3) is 0 Å². The Morgan fingerprint density at radius 2 is 2.18 bits per heavy atom. The maximum absolute atomic E-state index is 12.2. The number of ether oxygens (including phenoxy) is 1. The van der Waals surface area contributed by atoms with Gasteiger partial charge in [-0.05, 0) is 25.1 Å². The van der Waals surface area contributed by atoms with Crippen LogP contribution in [0, 0.1) is 0 Å². The van der Waals surface area contributed by atoms with E-state index in [1.807, 2.05) is 0 Å². The molecule has 7 nitrogen and oxygen atoms in total. The first-order valence-electron chi connectivity index (χ1n) is 6.34. The van der Waals surface area contributed by atoms with Crippen molar-refractivity contribution < 1.29 is 19.4 Å². The Morgan fingerprint density at radius 3 is 2.73 bits per heavy atom. The fourth-order valence-corrected chi connectivity index (χ4v) is 2.03. The molecule has 0 aliphatic carbocycles. The SMILES string of the molecule is COc1ccc(NC(=O)C(C)n2cc(C(=O)O)cn2)cc1Cl. The smallest absolute Gasteiger partial charge is 0.338 e. The van der Waals surface area contributed by atoms with Crippen LogP contribution in [0.15, 0.2) is 30.6 Å². The molecule has 1 amide bonds. The van der Waals surface area contributed by atoms with E-state index in [4.69, 9.17) is 21.4 Å². The molecule has 0 aliphatic rings. The van der Waals surface area contributed by atoms with Crippen molar-refractivity contribution in [3.63, 3.8) is 0 Å². The number of carboxylic acids is 1. The van der Waals surface area contributed by atoms with Crippen LogP contribution in [-0.2, 0) is 4.79 Å². The van der Waals surface area contributed by atoms with Crippen LogP contribution in [-0.4, -0.2) is 33.9 Å². The molecule has 1 unspecified atom stereocenters. The topological polar surface area (TPSA) is 93.5 Å². The highest BCUT2D eigenvalue weighted by molar-refractivity contribution is 6.32. The average molecular weight is 324 g/mol. The van der Waals surface area contributed by atoms with Crippen LogP contribution in [0.3, 0.4) is 0 Å². The molecule has 1 heterocycles. The normalized spacial score (nSPS) is 11.8. The lowest BCUT2D eigenvalue weighted by Crippen LogP contribution is -2.24. The van der Waals surface area contributed by atoms with E-state index in [-0.39, 0.29) is 11.5 Å². The summed E-state index contributed by atoms with van der Waals surface area (Å²) in [6.45, 7) is 1.61. The van der Waals surface area contributed by atoms with Crippen molar-refractivity contribution in [2.24, 2.45) is 0 Å². The van der Waals surface area contributed by atoms with Gasteiger partial charge in [0.2, 0.25) is 5.91 Å². The van der Waals surface area contributed by atoms with Gasteiger partial charge in [-0.2, -0.15) is 5.10 Å². The molecule has 1 atom stereocenters. The number of halogens is 1. The number of methoxy groups -OCH3 is 1. The second kappa shape index (κ2) is 6.48. The first-order valence-corrected chi connectivity index (χ1v) is 6.72. The number of anilines is 1. The Morgan fingerprint density at radius 1 is 1.45 bits per heavy atom. The minimum atomic E-state index is -1.10. The lowest BCUT2D eigenvalue weighted by Gasteiger charge is -2.13. The molecule has 1 aromatic heterocycles. The van der Waals surface area contributed by atoms with Crippen LogP contribution in [0.1, 0.15) is 23.3 Å². The summed E-state index contributed by atoms with van der Waals surface area (Å²) in [6, 6.07) is 4.19. The van der Waals surface area contributed by atoms with Crippen LogP contribution in [0.25, 0.3) is 0 Å². The van der Waals surface area contributed by atoms with Gasteiger partial charge >= 0.3 is 5.97 Å². The van der Waals surface area contributed by atoms with Crippen molar-refractivity contribution in [1.82, 2.24) is 9.78 Å². The van der Waals surface area contributed by atoms with Gasteiger partial charge in [0, 0.05) is 11.9 Å². The number of hydrogen-bond donors (Lipinski definition) is 2.